The molecule has 0 spiro atoms. The average Bonchev–Trinajstić information content (AvgIpc) is 2.66. The molecule has 2 aliphatic heterocycles. The minimum atomic E-state index is -1.08. The molecule has 2 N–H and O–H groups in total. The SMILES string of the molecule is CC1(C)CN(C(=O)N2CC(O)CC2C(=O)O)CC(C)(C)O1. The van der Waals surface area contributed by atoms with Crippen molar-refractivity contribution >= 4 is 12.0 Å². The van der Waals surface area contributed by atoms with Gasteiger partial charge in [-0.05, 0) is 27.7 Å². The number of carboxylic acids is 1. The number of carboxylic acid groups (broad SMARTS) is 1. The zero-order valence-corrected chi connectivity index (χ0v) is 13.0. The Morgan fingerprint density at radius 1 is 1.14 bits per heavy atom. The number of β-amino-alcohol motifs (C(OH)–C–C–N with tert-alkyl or cyclic N) is 1. The summed E-state index contributed by atoms with van der Waals surface area (Å²) < 4.78 is 5.92. The number of aliphatic carboxylic acids is 1. The second kappa shape index (κ2) is 5.14. The van der Waals surface area contributed by atoms with Crippen LogP contribution in [0.3, 0.4) is 0 Å². The molecule has 0 aromatic heterocycles. The molecule has 2 amide bonds. The van der Waals surface area contributed by atoms with E-state index in [-0.39, 0.29) is 19.0 Å². The third-order valence-corrected chi connectivity index (χ3v) is 3.78. The smallest absolute Gasteiger partial charge is 0.326 e. The summed E-state index contributed by atoms with van der Waals surface area (Å²) in [5.41, 5.74) is -0.983. The summed E-state index contributed by atoms with van der Waals surface area (Å²) in [5, 5.41) is 18.9. The van der Waals surface area contributed by atoms with Crippen molar-refractivity contribution in [1.82, 2.24) is 9.80 Å². The summed E-state index contributed by atoms with van der Waals surface area (Å²) in [6.45, 7) is 8.48. The first kappa shape index (κ1) is 16.0. The van der Waals surface area contributed by atoms with Gasteiger partial charge in [0.2, 0.25) is 0 Å². The van der Waals surface area contributed by atoms with Crippen molar-refractivity contribution in [3.63, 3.8) is 0 Å². The maximum atomic E-state index is 12.7. The molecule has 0 bridgehead atoms. The quantitative estimate of drug-likeness (QED) is 0.736. The molecule has 2 atom stereocenters. The van der Waals surface area contributed by atoms with Crippen molar-refractivity contribution in [3.8, 4) is 0 Å². The molecule has 7 nitrogen and oxygen atoms in total. The van der Waals surface area contributed by atoms with Gasteiger partial charge in [0.05, 0.1) is 30.4 Å². The van der Waals surface area contributed by atoms with Crippen LogP contribution in [0.1, 0.15) is 34.1 Å². The van der Waals surface area contributed by atoms with E-state index in [2.05, 4.69) is 0 Å². The van der Waals surface area contributed by atoms with Gasteiger partial charge in [0.1, 0.15) is 6.04 Å². The number of hydrogen-bond donors (Lipinski definition) is 2. The highest BCUT2D eigenvalue weighted by atomic mass is 16.5. The number of hydrogen-bond acceptors (Lipinski definition) is 4. The van der Waals surface area contributed by atoms with E-state index in [1.165, 1.54) is 4.90 Å². The van der Waals surface area contributed by atoms with E-state index >= 15 is 0 Å². The largest absolute Gasteiger partial charge is 0.480 e. The summed E-state index contributed by atoms with van der Waals surface area (Å²) in [6.07, 6.45) is -0.699. The third-order valence-electron chi connectivity index (χ3n) is 3.78. The molecular formula is C14H24N2O5. The lowest BCUT2D eigenvalue weighted by atomic mass is 9.99. The van der Waals surface area contributed by atoms with Crippen molar-refractivity contribution in [2.75, 3.05) is 19.6 Å². The van der Waals surface area contributed by atoms with E-state index in [0.29, 0.717) is 13.1 Å². The van der Waals surface area contributed by atoms with E-state index in [1.807, 2.05) is 27.7 Å². The lowest BCUT2D eigenvalue weighted by Gasteiger charge is -2.48. The molecule has 0 radical (unpaired) electrons. The number of carbonyl (C=O) groups is 2. The molecule has 120 valence electrons. The number of ether oxygens (including phenoxy) is 1. The molecule has 2 rings (SSSR count). The van der Waals surface area contributed by atoms with E-state index in [1.54, 1.807) is 4.90 Å². The van der Waals surface area contributed by atoms with Crippen LogP contribution in [0.15, 0.2) is 0 Å². The Morgan fingerprint density at radius 2 is 1.67 bits per heavy atom. The highest BCUT2D eigenvalue weighted by molar-refractivity contribution is 5.83. The summed E-state index contributed by atoms with van der Waals surface area (Å²) in [6, 6.07) is -1.30. The monoisotopic (exact) mass is 300 g/mol. The fourth-order valence-corrected chi connectivity index (χ4v) is 3.36. The molecule has 0 aromatic carbocycles. The second-order valence-corrected chi connectivity index (χ2v) is 7.16. The van der Waals surface area contributed by atoms with Crippen LogP contribution < -0.4 is 0 Å². The average molecular weight is 300 g/mol. The zero-order valence-electron chi connectivity index (χ0n) is 13.0. The zero-order chi connectivity index (χ0) is 16.0. The standard InChI is InChI=1S/C14H24N2O5/c1-13(2)7-15(8-14(3,4)21-13)12(20)16-6-9(17)5-10(16)11(18)19/h9-10,17H,5-8H2,1-4H3,(H,18,19). The van der Waals surface area contributed by atoms with E-state index < -0.39 is 29.3 Å². The Labute approximate surface area is 124 Å². The Hall–Kier alpha value is -1.34. The third kappa shape index (κ3) is 3.47. The number of carbonyl (C=O) groups excluding carboxylic acids is 1. The number of likely N-dealkylation sites (tertiary alicyclic amines) is 1. The minimum Gasteiger partial charge on any atom is -0.480 e. The van der Waals surface area contributed by atoms with Crippen LogP contribution in [0.2, 0.25) is 0 Å². The predicted octanol–water partition coefficient (Wildman–Crippen LogP) is 0.516. The first-order valence-corrected chi connectivity index (χ1v) is 7.17. The minimum absolute atomic E-state index is 0.0635. The first-order valence-electron chi connectivity index (χ1n) is 7.17. The fraction of sp³-hybridized carbons (Fsp3) is 0.857. The van der Waals surface area contributed by atoms with E-state index in [9.17, 15) is 19.8 Å². The Kier molecular flexibility index (Phi) is 3.92. The molecule has 2 fully saturated rings. The van der Waals surface area contributed by atoms with Crippen LogP contribution in [-0.2, 0) is 9.53 Å². The van der Waals surface area contributed by atoms with Crippen LogP contribution in [0.5, 0.6) is 0 Å². The number of aliphatic hydroxyl groups is 1. The van der Waals surface area contributed by atoms with Gasteiger partial charge in [0.15, 0.2) is 0 Å². The molecule has 0 aliphatic carbocycles. The summed E-state index contributed by atoms with van der Waals surface area (Å²) in [4.78, 5) is 26.8. The van der Waals surface area contributed by atoms with Gasteiger partial charge in [-0.2, -0.15) is 0 Å². The highest BCUT2D eigenvalue weighted by Gasteiger charge is 2.45. The maximum absolute atomic E-state index is 12.7. The summed E-state index contributed by atoms with van der Waals surface area (Å²) >= 11 is 0. The van der Waals surface area contributed by atoms with Crippen LogP contribution in [-0.4, -0.2) is 75.0 Å². The number of aliphatic hydroxyl groups excluding tert-OH is 1. The number of urea groups is 1. The topological polar surface area (TPSA) is 90.3 Å². The van der Waals surface area contributed by atoms with Crippen LogP contribution in [0.4, 0.5) is 4.79 Å². The first-order chi connectivity index (χ1) is 9.51. The molecule has 0 saturated carbocycles. The highest BCUT2D eigenvalue weighted by Crippen LogP contribution is 2.30. The van der Waals surface area contributed by atoms with Crippen LogP contribution >= 0.6 is 0 Å². The maximum Gasteiger partial charge on any atom is 0.326 e. The number of amides is 2. The fourth-order valence-electron chi connectivity index (χ4n) is 3.36. The number of morpholine rings is 1. The molecule has 2 saturated heterocycles. The van der Waals surface area contributed by atoms with Crippen molar-refractivity contribution in [2.45, 2.75) is 57.5 Å². The Balaban J connectivity index is 2.17. The molecule has 21 heavy (non-hydrogen) atoms. The van der Waals surface area contributed by atoms with Gasteiger partial charge < -0.3 is 24.7 Å². The van der Waals surface area contributed by atoms with Crippen molar-refractivity contribution in [1.29, 1.82) is 0 Å². The molecule has 2 unspecified atom stereocenters. The number of nitrogens with zero attached hydrogens (tertiary/aromatic N) is 2. The lowest BCUT2D eigenvalue weighted by molar-refractivity contribution is -0.172. The van der Waals surface area contributed by atoms with Gasteiger partial charge in [0, 0.05) is 13.0 Å². The van der Waals surface area contributed by atoms with Crippen molar-refractivity contribution < 1.29 is 24.5 Å². The van der Waals surface area contributed by atoms with Gasteiger partial charge in [0.25, 0.3) is 0 Å². The van der Waals surface area contributed by atoms with Crippen LogP contribution in [0.25, 0.3) is 0 Å². The molecule has 7 heteroatoms. The van der Waals surface area contributed by atoms with Gasteiger partial charge in [-0.25, -0.2) is 9.59 Å². The normalized spacial score (nSPS) is 31.3. The molecule has 0 aromatic rings. The second-order valence-electron chi connectivity index (χ2n) is 7.16. The summed E-state index contributed by atoms with van der Waals surface area (Å²) in [5.74, 6) is -1.08. The Morgan fingerprint density at radius 3 is 2.14 bits per heavy atom. The molecule has 2 aliphatic rings. The van der Waals surface area contributed by atoms with E-state index in [4.69, 9.17) is 4.74 Å². The van der Waals surface area contributed by atoms with Gasteiger partial charge in [-0.15, -0.1) is 0 Å². The summed E-state index contributed by atoms with van der Waals surface area (Å²) in [7, 11) is 0. The lowest BCUT2D eigenvalue weighted by Crippen LogP contribution is -2.61. The predicted molar refractivity (Wildman–Crippen MR) is 75.0 cm³/mol. The van der Waals surface area contributed by atoms with Gasteiger partial charge in [-0.1, -0.05) is 0 Å². The van der Waals surface area contributed by atoms with Gasteiger partial charge >= 0.3 is 12.0 Å². The molecule has 2 heterocycles. The Bertz CT molecular complexity index is 433. The van der Waals surface area contributed by atoms with E-state index in [0.717, 1.165) is 0 Å². The van der Waals surface area contributed by atoms with Crippen molar-refractivity contribution in [2.24, 2.45) is 0 Å². The van der Waals surface area contributed by atoms with Crippen molar-refractivity contribution in [3.05, 3.63) is 0 Å². The molecular weight excluding hydrogens is 276 g/mol. The number of rotatable bonds is 1. The van der Waals surface area contributed by atoms with Gasteiger partial charge in [-0.3, -0.25) is 0 Å². The van der Waals surface area contributed by atoms with Crippen LogP contribution in [0, 0.1) is 0 Å².